The van der Waals surface area contributed by atoms with Gasteiger partial charge in [-0.2, -0.15) is 11.8 Å². The van der Waals surface area contributed by atoms with Crippen molar-refractivity contribution in [2.24, 2.45) is 17.3 Å². The van der Waals surface area contributed by atoms with Crippen LogP contribution in [0.1, 0.15) is 73.6 Å². The predicted molar refractivity (Wildman–Crippen MR) is 169 cm³/mol. The monoisotopic (exact) mass is 653 g/mol. The van der Waals surface area contributed by atoms with Gasteiger partial charge in [0.1, 0.15) is 18.8 Å². The van der Waals surface area contributed by atoms with E-state index in [1.165, 1.54) is 24.4 Å². The number of Topliss-reactive ketones (excluding diaryl/α,β-unsaturated/α-hetero) is 3. The molecule has 0 radical (unpaired) electrons. The largest absolute Gasteiger partial charge is 0.469 e. The van der Waals surface area contributed by atoms with Crippen molar-refractivity contribution in [3.8, 4) is 0 Å². The highest BCUT2D eigenvalue weighted by Crippen LogP contribution is 2.59. The number of hydrogen-bond donors (Lipinski definition) is 1. The summed E-state index contributed by atoms with van der Waals surface area (Å²) in [6.45, 7) is 11.7. The second-order valence-electron chi connectivity index (χ2n) is 13.9. The van der Waals surface area contributed by atoms with Gasteiger partial charge in [-0.3, -0.25) is 24.0 Å². The molecular weight excluding hydrogens is 602 g/mol. The van der Waals surface area contributed by atoms with E-state index in [1.807, 2.05) is 0 Å². The number of carbonyl (C=O) groups is 5. The number of ether oxygens (including phenoxy) is 5. The molecule has 1 unspecified atom stereocenters. The van der Waals surface area contributed by atoms with E-state index in [4.69, 9.17) is 23.7 Å². The Morgan fingerprint density at radius 3 is 2.36 bits per heavy atom. The van der Waals surface area contributed by atoms with Crippen LogP contribution in [0, 0.1) is 17.3 Å². The number of rotatable bonds is 18. The van der Waals surface area contributed by atoms with Crippen LogP contribution in [-0.4, -0.2) is 104 Å². The fourth-order valence-electron chi connectivity index (χ4n) is 6.13. The van der Waals surface area contributed by atoms with Crippen molar-refractivity contribution in [3.05, 3.63) is 11.6 Å². The maximum Gasteiger partial charge on any atom is 0.309 e. The number of thioether (sulfide) groups is 1. The van der Waals surface area contributed by atoms with Gasteiger partial charge < -0.3 is 29.0 Å². The molecule has 7 atom stereocenters. The lowest BCUT2D eigenvalue weighted by molar-refractivity contribution is -0.147. The summed E-state index contributed by atoms with van der Waals surface area (Å²) in [5, 5.41) is 3.03. The summed E-state index contributed by atoms with van der Waals surface area (Å²) in [5.74, 6) is -2.39. The van der Waals surface area contributed by atoms with Gasteiger partial charge >= 0.3 is 5.97 Å². The summed E-state index contributed by atoms with van der Waals surface area (Å²) in [6, 6.07) is -0.288. The van der Waals surface area contributed by atoms with Gasteiger partial charge in [-0.1, -0.05) is 32.4 Å². The van der Waals surface area contributed by atoms with E-state index in [1.54, 1.807) is 27.9 Å². The first-order valence-corrected chi connectivity index (χ1v) is 16.8. The van der Waals surface area contributed by atoms with E-state index in [-0.39, 0.29) is 90.6 Å². The number of hydrogen-bond acceptors (Lipinski definition) is 11. The van der Waals surface area contributed by atoms with E-state index >= 15 is 0 Å². The number of ketones is 3. The van der Waals surface area contributed by atoms with E-state index in [0.717, 1.165) is 12.8 Å². The Kier molecular flexibility index (Phi) is 13.0. The molecule has 2 aliphatic heterocycles. The zero-order chi connectivity index (χ0) is 33.6. The molecule has 3 aliphatic rings. The van der Waals surface area contributed by atoms with Crippen LogP contribution in [0.15, 0.2) is 11.6 Å². The van der Waals surface area contributed by atoms with Crippen LogP contribution in [-0.2, 0) is 47.7 Å². The Morgan fingerprint density at radius 1 is 1.09 bits per heavy atom. The van der Waals surface area contributed by atoms with E-state index in [2.05, 4.69) is 32.2 Å². The first-order valence-electron chi connectivity index (χ1n) is 15.6. The number of methoxy groups -OCH3 is 2. The fourth-order valence-corrected chi connectivity index (χ4v) is 7.12. The Bertz CT molecular complexity index is 1140. The molecule has 0 aromatic carbocycles. The molecule has 3 rings (SSSR count). The van der Waals surface area contributed by atoms with Gasteiger partial charge in [-0.05, 0) is 40.0 Å². The molecule has 1 N–H and O–H groups in total. The van der Waals surface area contributed by atoms with Gasteiger partial charge in [-0.25, -0.2) is 0 Å². The molecule has 11 nitrogen and oxygen atoms in total. The highest BCUT2D eigenvalue weighted by molar-refractivity contribution is 7.99. The second-order valence-corrected chi connectivity index (χ2v) is 14.9. The molecule has 0 aromatic heterocycles. The molecule has 1 saturated carbocycles. The van der Waals surface area contributed by atoms with Crippen molar-refractivity contribution in [2.75, 3.05) is 45.5 Å². The topological polar surface area (TPSA) is 150 Å². The van der Waals surface area contributed by atoms with Crippen LogP contribution in [0.5, 0.6) is 0 Å². The van der Waals surface area contributed by atoms with E-state index in [0.29, 0.717) is 13.0 Å². The van der Waals surface area contributed by atoms with Gasteiger partial charge in [0.25, 0.3) is 0 Å². The summed E-state index contributed by atoms with van der Waals surface area (Å²) in [6.07, 6.45) is 3.70. The maximum atomic E-state index is 13.0. The first-order chi connectivity index (χ1) is 21.1. The minimum Gasteiger partial charge on any atom is -0.469 e. The average Bonchev–Trinajstić information content (AvgIpc) is 3.87. The van der Waals surface area contributed by atoms with Crippen LogP contribution in [0.2, 0.25) is 0 Å². The number of nitrogens with one attached hydrogen (secondary N) is 1. The van der Waals surface area contributed by atoms with Gasteiger partial charge in [0.05, 0.1) is 55.7 Å². The van der Waals surface area contributed by atoms with Gasteiger partial charge in [0.2, 0.25) is 5.91 Å². The van der Waals surface area contributed by atoms with Crippen LogP contribution >= 0.6 is 11.8 Å². The molecule has 1 aliphatic carbocycles. The Labute approximate surface area is 271 Å². The quantitative estimate of drug-likeness (QED) is 0.101. The maximum absolute atomic E-state index is 13.0. The lowest BCUT2D eigenvalue weighted by Crippen LogP contribution is -2.59. The van der Waals surface area contributed by atoms with Crippen molar-refractivity contribution in [1.82, 2.24) is 5.32 Å². The summed E-state index contributed by atoms with van der Waals surface area (Å²) in [5.41, 5.74) is -0.0761. The molecule has 0 bridgehead atoms. The number of epoxide rings is 2. The highest BCUT2D eigenvalue weighted by Gasteiger charge is 2.71. The standard InChI is InChI=1S/C33H51NO10S/c1-20(2)9-10-26-32(6,44-26)29-28(40-7)24(11-12-33(29)19-43-33)34-27(38)14-23(36)18-45-17-21(30(39)41-8)13-22(35)15-42-16-25(37)31(3,4)5/h9,21,24,26,28-29H,10-19H2,1-8H3,(H,34,38)/t21?,24-,26-,28-,29-,32+,33+/m1/s1. The smallest absolute Gasteiger partial charge is 0.309 e. The number of esters is 1. The lowest BCUT2D eigenvalue weighted by Gasteiger charge is -2.43. The molecule has 1 spiro atoms. The Hall–Kier alpha value is -2.12. The zero-order valence-corrected chi connectivity index (χ0v) is 28.8. The Balaban J connectivity index is 1.47. The summed E-state index contributed by atoms with van der Waals surface area (Å²) >= 11 is 1.17. The van der Waals surface area contributed by atoms with Gasteiger partial charge in [0.15, 0.2) is 17.3 Å². The van der Waals surface area contributed by atoms with E-state index < -0.39 is 22.9 Å². The number of amides is 1. The molecular formula is C33H51NO10S. The Morgan fingerprint density at radius 2 is 1.78 bits per heavy atom. The second kappa shape index (κ2) is 15.6. The molecule has 2 heterocycles. The third-order valence-electron chi connectivity index (χ3n) is 8.92. The van der Waals surface area contributed by atoms with Crippen LogP contribution in [0.4, 0.5) is 0 Å². The SMILES string of the molecule is COC(=O)C(CSCC(=O)CC(=O)N[C@@H]1CC[C@]2(CO2)[C@@H]([C@@]2(C)O[C@@H]2CC=C(C)C)[C@@H]1OC)CC(=O)COCC(=O)C(C)(C)C. The molecule has 0 aromatic rings. The van der Waals surface area contributed by atoms with Crippen LogP contribution < -0.4 is 5.32 Å². The normalized spacial score (nSPS) is 29.4. The summed E-state index contributed by atoms with van der Waals surface area (Å²) < 4.78 is 28.2. The van der Waals surface area contributed by atoms with Crippen LogP contribution in [0.25, 0.3) is 0 Å². The minimum absolute atomic E-state index is 0.00158. The summed E-state index contributed by atoms with van der Waals surface area (Å²) in [7, 11) is 2.87. The molecule has 254 valence electrons. The molecule has 12 heteroatoms. The zero-order valence-electron chi connectivity index (χ0n) is 28.0. The molecule has 1 amide bonds. The van der Waals surface area contributed by atoms with Gasteiger partial charge in [0, 0.05) is 30.6 Å². The van der Waals surface area contributed by atoms with Crippen LogP contribution in [0.3, 0.4) is 0 Å². The average molecular weight is 654 g/mol. The molecule has 45 heavy (non-hydrogen) atoms. The first kappa shape index (κ1) is 37.3. The predicted octanol–water partition coefficient (Wildman–Crippen LogP) is 3.25. The van der Waals surface area contributed by atoms with E-state index in [9.17, 15) is 24.0 Å². The van der Waals surface area contributed by atoms with Crippen molar-refractivity contribution in [3.63, 3.8) is 0 Å². The van der Waals surface area contributed by atoms with Crippen molar-refractivity contribution < 1.29 is 47.7 Å². The summed E-state index contributed by atoms with van der Waals surface area (Å²) in [4.78, 5) is 62.3. The van der Waals surface area contributed by atoms with Gasteiger partial charge in [-0.15, -0.1) is 0 Å². The van der Waals surface area contributed by atoms with Crippen molar-refractivity contribution in [1.29, 1.82) is 0 Å². The molecule has 3 fully saturated rings. The third kappa shape index (κ3) is 10.2. The minimum atomic E-state index is -0.777. The highest BCUT2D eigenvalue weighted by atomic mass is 32.2. The fraction of sp³-hybridized carbons (Fsp3) is 0.788. The molecule has 2 saturated heterocycles. The third-order valence-corrected chi connectivity index (χ3v) is 10.1. The lowest BCUT2D eigenvalue weighted by atomic mass is 9.67. The number of allylic oxidation sites excluding steroid dienone is 1. The number of carbonyl (C=O) groups excluding carboxylic acids is 5. The van der Waals surface area contributed by atoms with Crippen molar-refractivity contribution in [2.45, 2.75) is 103 Å². The van der Waals surface area contributed by atoms with Crippen molar-refractivity contribution >= 4 is 41.0 Å².